The Morgan fingerprint density at radius 2 is 1.73 bits per heavy atom. The number of amides is 1. The van der Waals surface area contributed by atoms with Crippen LogP contribution in [0.1, 0.15) is 25.0 Å². The van der Waals surface area contributed by atoms with E-state index < -0.39 is 0 Å². The molecule has 0 heterocycles. The number of alkyl halides is 1. The molecule has 0 bridgehead atoms. The van der Waals surface area contributed by atoms with Gasteiger partial charge in [-0.25, -0.2) is 0 Å². The SMILES string of the molecule is CCN(CC)CC(=O)Nc1c(C)cc(OC(=O)CBr)cc1C. The maximum absolute atomic E-state index is 12.1. The number of nitrogens with zero attached hydrogens (tertiary/aromatic N) is 1. The number of nitrogens with one attached hydrogen (secondary N) is 1. The first kappa shape index (κ1) is 18.6. The normalized spacial score (nSPS) is 10.6. The zero-order chi connectivity index (χ0) is 16.7. The third-order valence-corrected chi connectivity index (χ3v) is 3.83. The van der Waals surface area contributed by atoms with Gasteiger partial charge >= 0.3 is 5.97 Å². The highest BCUT2D eigenvalue weighted by Crippen LogP contribution is 2.26. The largest absolute Gasteiger partial charge is 0.426 e. The van der Waals surface area contributed by atoms with E-state index in [-0.39, 0.29) is 17.2 Å². The van der Waals surface area contributed by atoms with E-state index in [1.54, 1.807) is 12.1 Å². The van der Waals surface area contributed by atoms with Crippen molar-refractivity contribution in [2.24, 2.45) is 0 Å². The Morgan fingerprint density at radius 3 is 2.18 bits per heavy atom. The van der Waals surface area contributed by atoms with E-state index in [1.807, 2.05) is 32.6 Å². The van der Waals surface area contributed by atoms with Crippen LogP contribution >= 0.6 is 15.9 Å². The molecule has 0 saturated carbocycles. The first-order valence-electron chi connectivity index (χ1n) is 7.31. The number of ether oxygens (including phenoxy) is 1. The molecule has 0 spiro atoms. The van der Waals surface area contributed by atoms with Crippen molar-refractivity contribution in [3.05, 3.63) is 23.3 Å². The third-order valence-electron chi connectivity index (χ3n) is 3.37. The Morgan fingerprint density at radius 1 is 1.18 bits per heavy atom. The average Bonchev–Trinajstić information content (AvgIpc) is 2.48. The first-order valence-corrected chi connectivity index (χ1v) is 8.43. The molecule has 0 saturated heterocycles. The number of carbonyl (C=O) groups is 2. The number of aryl methyl sites for hydroxylation is 2. The second kappa shape index (κ2) is 8.90. The van der Waals surface area contributed by atoms with Crippen molar-refractivity contribution in [3.8, 4) is 5.75 Å². The molecule has 0 aliphatic rings. The lowest BCUT2D eigenvalue weighted by Gasteiger charge is -2.19. The van der Waals surface area contributed by atoms with Crippen LogP contribution in [0.15, 0.2) is 12.1 Å². The fourth-order valence-corrected chi connectivity index (χ4v) is 2.28. The van der Waals surface area contributed by atoms with Crippen molar-refractivity contribution >= 4 is 33.5 Å². The maximum atomic E-state index is 12.1. The van der Waals surface area contributed by atoms with Gasteiger partial charge in [-0.15, -0.1) is 0 Å². The summed E-state index contributed by atoms with van der Waals surface area (Å²) >= 11 is 3.06. The Bertz CT molecular complexity index is 519. The molecule has 122 valence electrons. The van der Waals surface area contributed by atoms with Crippen LogP contribution < -0.4 is 10.1 Å². The molecular weight excluding hydrogens is 348 g/mol. The van der Waals surface area contributed by atoms with Crippen molar-refractivity contribution in [3.63, 3.8) is 0 Å². The number of likely N-dealkylation sites (N-methyl/N-ethyl adjacent to an activating group) is 1. The second-order valence-electron chi connectivity index (χ2n) is 5.05. The fourth-order valence-electron chi connectivity index (χ4n) is 2.17. The Labute approximate surface area is 140 Å². The summed E-state index contributed by atoms with van der Waals surface area (Å²) in [5.74, 6) is 0.0958. The van der Waals surface area contributed by atoms with Gasteiger partial charge in [-0.1, -0.05) is 29.8 Å². The molecule has 1 rings (SSSR count). The van der Waals surface area contributed by atoms with Crippen LogP contribution in [0.3, 0.4) is 0 Å². The molecule has 0 fully saturated rings. The number of rotatable bonds is 7. The van der Waals surface area contributed by atoms with E-state index in [2.05, 4.69) is 21.2 Å². The Balaban J connectivity index is 2.83. The van der Waals surface area contributed by atoms with Crippen molar-refractivity contribution in [1.29, 1.82) is 0 Å². The molecule has 0 unspecified atom stereocenters. The van der Waals surface area contributed by atoms with Gasteiger partial charge in [-0.2, -0.15) is 0 Å². The monoisotopic (exact) mass is 370 g/mol. The van der Waals surface area contributed by atoms with Crippen LogP contribution in [-0.4, -0.2) is 41.7 Å². The van der Waals surface area contributed by atoms with E-state index in [4.69, 9.17) is 4.74 Å². The lowest BCUT2D eigenvalue weighted by Crippen LogP contribution is -2.33. The maximum Gasteiger partial charge on any atom is 0.321 e. The number of halogens is 1. The van der Waals surface area contributed by atoms with Crippen LogP contribution in [0, 0.1) is 13.8 Å². The molecule has 1 aromatic carbocycles. The van der Waals surface area contributed by atoms with Gasteiger partial charge in [-0.05, 0) is 50.2 Å². The first-order chi connectivity index (χ1) is 10.4. The molecule has 0 radical (unpaired) electrons. The lowest BCUT2D eigenvalue weighted by molar-refractivity contribution is -0.131. The molecule has 1 aromatic rings. The molecule has 1 N–H and O–H groups in total. The quantitative estimate of drug-likeness (QED) is 0.455. The number of anilines is 1. The number of hydrogen-bond acceptors (Lipinski definition) is 4. The summed E-state index contributed by atoms with van der Waals surface area (Å²) < 4.78 is 5.18. The van der Waals surface area contributed by atoms with Crippen molar-refractivity contribution in [2.75, 3.05) is 30.3 Å². The molecule has 22 heavy (non-hydrogen) atoms. The topological polar surface area (TPSA) is 58.6 Å². The summed E-state index contributed by atoms with van der Waals surface area (Å²) in [5.41, 5.74) is 2.51. The summed E-state index contributed by atoms with van der Waals surface area (Å²) in [6.45, 7) is 9.86. The van der Waals surface area contributed by atoms with E-state index in [0.29, 0.717) is 12.3 Å². The van der Waals surface area contributed by atoms with Gasteiger partial charge in [-0.3, -0.25) is 14.5 Å². The van der Waals surface area contributed by atoms with E-state index >= 15 is 0 Å². The smallest absolute Gasteiger partial charge is 0.321 e. The minimum atomic E-state index is -0.350. The minimum absolute atomic E-state index is 0.0416. The van der Waals surface area contributed by atoms with Crippen molar-refractivity contribution in [2.45, 2.75) is 27.7 Å². The van der Waals surface area contributed by atoms with Gasteiger partial charge in [0.2, 0.25) is 5.91 Å². The second-order valence-corrected chi connectivity index (χ2v) is 5.61. The van der Waals surface area contributed by atoms with Crippen LogP contribution in [0.4, 0.5) is 5.69 Å². The van der Waals surface area contributed by atoms with E-state index in [0.717, 1.165) is 29.9 Å². The predicted molar refractivity (Wildman–Crippen MR) is 91.8 cm³/mol. The molecule has 0 aliphatic heterocycles. The minimum Gasteiger partial charge on any atom is -0.426 e. The molecular formula is C16H23BrN2O3. The Hall–Kier alpha value is -1.40. The van der Waals surface area contributed by atoms with Crippen LogP contribution in [0.5, 0.6) is 5.75 Å². The summed E-state index contributed by atoms with van der Waals surface area (Å²) in [5, 5.41) is 3.09. The van der Waals surface area contributed by atoms with Crippen LogP contribution in [-0.2, 0) is 9.59 Å². The van der Waals surface area contributed by atoms with Gasteiger partial charge in [0.05, 0.1) is 6.54 Å². The summed E-state index contributed by atoms with van der Waals surface area (Å²) in [4.78, 5) is 25.5. The zero-order valence-corrected chi connectivity index (χ0v) is 15.1. The number of esters is 1. The predicted octanol–water partition coefficient (Wildman–Crippen LogP) is 2.88. The van der Waals surface area contributed by atoms with Gasteiger partial charge in [0.1, 0.15) is 11.1 Å². The summed E-state index contributed by atoms with van der Waals surface area (Å²) in [7, 11) is 0. The number of benzene rings is 1. The third kappa shape index (κ3) is 5.42. The highest BCUT2D eigenvalue weighted by atomic mass is 79.9. The van der Waals surface area contributed by atoms with Gasteiger partial charge in [0, 0.05) is 5.69 Å². The van der Waals surface area contributed by atoms with E-state index in [9.17, 15) is 9.59 Å². The Kier molecular flexibility index (Phi) is 7.55. The highest BCUT2D eigenvalue weighted by molar-refractivity contribution is 9.09. The molecule has 0 aliphatic carbocycles. The summed E-state index contributed by atoms with van der Waals surface area (Å²) in [6, 6.07) is 3.50. The van der Waals surface area contributed by atoms with Crippen molar-refractivity contribution < 1.29 is 14.3 Å². The van der Waals surface area contributed by atoms with Crippen molar-refractivity contribution in [1.82, 2.24) is 4.90 Å². The standard InChI is InChI=1S/C16H23BrN2O3/c1-5-19(6-2)10-14(20)18-16-11(3)7-13(8-12(16)4)22-15(21)9-17/h7-8H,5-6,9-10H2,1-4H3,(H,18,20). The highest BCUT2D eigenvalue weighted by Gasteiger charge is 2.13. The summed E-state index contributed by atoms with van der Waals surface area (Å²) in [6.07, 6.45) is 0. The van der Waals surface area contributed by atoms with Crippen LogP contribution in [0.25, 0.3) is 0 Å². The van der Waals surface area contributed by atoms with Gasteiger partial charge < -0.3 is 10.1 Å². The van der Waals surface area contributed by atoms with Gasteiger partial charge in [0.25, 0.3) is 0 Å². The van der Waals surface area contributed by atoms with Gasteiger partial charge in [0.15, 0.2) is 0 Å². The number of carbonyl (C=O) groups excluding carboxylic acids is 2. The van der Waals surface area contributed by atoms with E-state index in [1.165, 1.54) is 0 Å². The molecule has 6 heteroatoms. The van der Waals surface area contributed by atoms with Crippen LogP contribution in [0.2, 0.25) is 0 Å². The molecule has 1 amide bonds. The molecule has 0 aromatic heterocycles. The molecule has 5 nitrogen and oxygen atoms in total. The molecule has 0 atom stereocenters. The lowest BCUT2D eigenvalue weighted by atomic mass is 10.1. The average molecular weight is 371 g/mol. The fraction of sp³-hybridized carbons (Fsp3) is 0.500. The zero-order valence-electron chi connectivity index (χ0n) is 13.5. The number of hydrogen-bond donors (Lipinski definition) is 1.